The van der Waals surface area contributed by atoms with Crippen LogP contribution in [0.1, 0.15) is 18.1 Å². The molecule has 1 aromatic carbocycles. The first-order valence-electron chi connectivity index (χ1n) is 7.27. The molecule has 0 aliphatic carbocycles. The van der Waals surface area contributed by atoms with Gasteiger partial charge in [0, 0.05) is 11.8 Å². The first kappa shape index (κ1) is 13.5. The lowest BCUT2D eigenvalue weighted by atomic mass is 9.99. The molecular weight excluding hydrogens is 256 g/mol. The molecule has 3 aromatic rings. The van der Waals surface area contributed by atoms with E-state index in [4.69, 9.17) is 4.98 Å². The normalized spacial score (nSPS) is 10.6. The monoisotopic (exact) mass is 274 g/mol. The maximum atomic E-state index is 4.88. The molecule has 2 aromatic heterocycles. The van der Waals surface area contributed by atoms with Crippen molar-refractivity contribution in [3.05, 3.63) is 71.9 Å². The molecule has 2 heteroatoms. The van der Waals surface area contributed by atoms with Gasteiger partial charge in [-0.25, -0.2) is 4.98 Å². The van der Waals surface area contributed by atoms with Crippen LogP contribution in [0.15, 0.2) is 60.8 Å². The van der Waals surface area contributed by atoms with E-state index in [1.54, 1.807) is 0 Å². The largest absolute Gasteiger partial charge is 0.255 e. The van der Waals surface area contributed by atoms with E-state index < -0.39 is 0 Å². The standard InChI is InChI=1S/C19H18N2/c1-3-16-14(2)13-18(15-9-5-4-6-10-15)21-19(16)17-11-7-8-12-20-17/h4-13H,3H2,1-2H3. The second kappa shape index (κ2) is 5.88. The van der Waals surface area contributed by atoms with E-state index >= 15 is 0 Å². The van der Waals surface area contributed by atoms with Crippen molar-refractivity contribution in [1.82, 2.24) is 9.97 Å². The Morgan fingerprint density at radius 3 is 2.33 bits per heavy atom. The summed E-state index contributed by atoms with van der Waals surface area (Å²) in [5.41, 5.74) is 6.62. The van der Waals surface area contributed by atoms with E-state index in [1.165, 1.54) is 11.1 Å². The van der Waals surface area contributed by atoms with Gasteiger partial charge in [0.25, 0.3) is 0 Å². The smallest absolute Gasteiger partial charge is 0.0928 e. The Balaban J connectivity index is 2.21. The number of pyridine rings is 2. The van der Waals surface area contributed by atoms with Gasteiger partial charge in [0.05, 0.1) is 17.1 Å². The highest BCUT2D eigenvalue weighted by molar-refractivity contribution is 5.68. The summed E-state index contributed by atoms with van der Waals surface area (Å²) in [7, 11) is 0. The topological polar surface area (TPSA) is 25.8 Å². The summed E-state index contributed by atoms with van der Waals surface area (Å²) in [4.78, 5) is 9.35. The van der Waals surface area contributed by atoms with Gasteiger partial charge in [-0.1, -0.05) is 43.3 Å². The molecule has 0 bridgehead atoms. The zero-order valence-corrected chi connectivity index (χ0v) is 12.4. The average molecular weight is 274 g/mol. The molecule has 2 heterocycles. The summed E-state index contributed by atoms with van der Waals surface area (Å²) in [6.07, 6.45) is 2.78. The van der Waals surface area contributed by atoms with E-state index in [9.17, 15) is 0 Å². The molecule has 0 spiro atoms. The van der Waals surface area contributed by atoms with Crippen LogP contribution >= 0.6 is 0 Å². The van der Waals surface area contributed by atoms with Crippen LogP contribution in [0.5, 0.6) is 0 Å². The molecule has 0 aliphatic rings. The van der Waals surface area contributed by atoms with Gasteiger partial charge in [-0.3, -0.25) is 4.98 Å². The Morgan fingerprint density at radius 2 is 1.67 bits per heavy atom. The van der Waals surface area contributed by atoms with Crippen LogP contribution < -0.4 is 0 Å². The maximum Gasteiger partial charge on any atom is 0.0928 e. The Labute approximate surface area is 125 Å². The van der Waals surface area contributed by atoms with Crippen molar-refractivity contribution in [2.45, 2.75) is 20.3 Å². The first-order valence-corrected chi connectivity index (χ1v) is 7.27. The van der Waals surface area contributed by atoms with E-state index in [-0.39, 0.29) is 0 Å². The average Bonchev–Trinajstić information content (AvgIpc) is 2.55. The molecule has 0 saturated heterocycles. The second-order valence-electron chi connectivity index (χ2n) is 5.09. The summed E-state index contributed by atoms with van der Waals surface area (Å²) >= 11 is 0. The third kappa shape index (κ3) is 2.70. The van der Waals surface area contributed by atoms with Crippen LogP contribution in [0.3, 0.4) is 0 Å². The fourth-order valence-electron chi connectivity index (χ4n) is 2.62. The Bertz CT molecular complexity index is 734. The molecule has 0 fully saturated rings. The van der Waals surface area contributed by atoms with Crippen LogP contribution in [0, 0.1) is 6.92 Å². The predicted octanol–water partition coefficient (Wildman–Crippen LogP) is 4.68. The molecule has 2 nitrogen and oxygen atoms in total. The summed E-state index contributed by atoms with van der Waals surface area (Å²) < 4.78 is 0. The number of nitrogens with zero attached hydrogens (tertiary/aromatic N) is 2. The quantitative estimate of drug-likeness (QED) is 0.693. The van der Waals surface area contributed by atoms with Crippen molar-refractivity contribution in [3.8, 4) is 22.6 Å². The van der Waals surface area contributed by atoms with Gasteiger partial charge in [0.15, 0.2) is 0 Å². The Morgan fingerprint density at radius 1 is 0.905 bits per heavy atom. The summed E-state index contributed by atoms with van der Waals surface area (Å²) in [6.45, 7) is 4.32. The minimum Gasteiger partial charge on any atom is -0.255 e. The minimum atomic E-state index is 0.940. The highest BCUT2D eigenvalue weighted by Gasteiger charge is 2.12. The highest BCUT2D eigenvalue weighted by atomic mass is 14.8. The van der Waals surface area contributed by atoms with Gasteiger partial charge < -0.3 is 0 Å². The maximum absolute atomic E-state index is 4.88. The van der Waals surface area contributed by atoms with Crippen LogP contribution in [0.2, 0.25) is 0 Å². The van der Waals surface area contributed by atoms with E-state index in [2.05, 4.69) is 37.0 Å². The van der Waals surface area contributed by atoms with Gasteiger partial charge in [0.1, 0.15) is 0 Å². The number of rotatable bonds is 3. The number of aromatic nitrogens is 2. The van der Waals surface area contributed by atoms with Gasteiger partial charge in [-0.15, -0.1) is 0 Å². The van der Waals surface area contributed by atoms with Crippen molar-refractivity contribution in [1.29, 1.82) is 0 Å². The third-order valence-corrected chi connectivity index (χ3v) is 3.68. The first-order chi connectivity index (χ1) is 10.3. The van der Waals surface area contributed by atoms with E-state index in [0.717, 1.165) is 29.1 Å². The van der Waals surface area contributed by atoms with Crippen LogP contribution in [-0.4, -0.2) is 9.97 Å². The molecule has 0 aliphatic heterocycles. The van der Waals surface area contributed by atoms with Crippen molar-refractivity contribution < 1.29 is 0 Å². The molecule has 3 rings (SSSR count). The van der Waals surface area contributed by atoms with Crippen LogP contribution in [-0.2, 0) is 6.42 Å². The molecule has 0 amide bonds. The van der Waals surface area contributed by atoms with E-state index in [1.807, 2.05) is 42.6 Å². The highest BCUT2D eigenvalue weighted by Crippen LogP contribution is 2.28. The number of hydrogen-bond donors (Lipinski definition) is 0. The van der Waals surface area contributed by atoms with Crippen LogP contribution in [0.25, 0.3) is 22.6 Å². The van der Waals surface area contributed by atoms with E-state index in [0.29, 0.717) is 0 Å². The summed E-state index contributed by atoms with van der Waals surface area (Å²) in [6, 6.07) is 18.4. The zero-order valence-electron chi connectivity index (χ0n) is 12.4. The summed E-state index contributed by atoms with van der Waals surface area (Å²) in [5, 5.41) is 0. The van der Waals surface area contributed by atoms with Crippen molar-refractivity contribution in [2.24, 2.45) is 0 Å². The number of aryl methyl sites for hydroxylation is 1. The molecule has 0 N–H and O–H groups in total. The number of benzene rings is 1. The predicted molar refractivity (Wildman–Crippen MR) is 87.0 cm³/mol. The van der Waals surface area contributed by atoms with Crippen molar-refractivity contribution in [3.63, 3.8) is 0 Å². The van der Waals surface area contributed by atoms with Gasteiger partial charge in [0.2, 0.25) is 0 Å². The lowest BCUT2D eigenvalue weighted by molar-refractivity contribution is 1.07. The van der Waals surface area contributed by atoms with Crippen LogP contribution in [0.4, 0.5) is 0 Å². The van der Waals surface area contributed by atoms with Crippen molar-refractivity contribution >= 4 is 0 Å². The lowest BCUT2D eigenvalue weighted by Gasteiger charge is -2.13. The molecule has 104 valence electrons. The fourth-order valence-corrected chi connectivity index (χ4v) is 2.62. The minimum absolute atomic E-state index is 0.940. The molecule has 0 radical (unpaired) electrons. The van der Waals surface area contributed by atoms with Gasteiger partial charge in [-0.2, -0.15) is 0 Å². The second-order valence-corrected chi connectivity index (χ2v) is 5.09. The lowest BCUT2D eigenvalue weighted by Crippen LogP contribution is -1.99. The van der Waals surface area contributed by atoms with Gasteiger partial charge in [-0.05, 0) is 42.7 Å². The molecule has 0 saturated carbocycles. The molecule has 0 atom stereocenters. The zero-order chi connectivity index (χ0) is 14.7. The summed E-state index contributed by atoms with van der Waals surface area (Å²) in [5.74, 6) is 0. The Kier molecular flexibility index (Phi) is 3.78. The fraction of sp³-hybridized carbons (Fsp3) is 0.158. The SMILES string of the molecule is CCc1c(C)cc(-c2ccccc2)nc1-c1ccccn1. The van der Waals surface area contributed by atoms with Crippen molar-refractivity contribution in [2.75, 3.05) is 0 Å². The molecular formula is C19H18N2. The number of hydrogen-bond acceptors (Lipinski definition) is 2. The Hall–Kier alpha value is -2.48. The molecule has 21 heavy (non-hydrogen) atoms. The third-order valence-electron chi connectivity index (χ3n) is 3.68. The van der Waals surface area contributed by atoms with Gasteiger partial charge >= 0.3 is 0 Å². The molecule has 0 unspecified atom stereocenters.